The molecule has 5 heteroatoms. The molecule has 0 radical (unpaired) electrons. The van der Waals surface area contributed by atoms with E-state index < -0.39 is 0 Å². The molecule has 0 saturated heterocycles. The summed E-state index contributed by atoms with van der Waals surface area (Å²) in [5.41, 5.74) is 3.80. The third-order valence-corrected chi connectivity index (χ3v) is 6.36. The van der Waals surface area contributed by atoms with Gasteiger partial charge in [0.05, 0.1) is 0 Å². The second kappa shape index (κ2) is 8.12. The van der Waals surface area contributed by atoms with Gasteiger partial charge in [-0.15, -0.1) is 0 Å². The summed E-state index contributed by atoms with van der Waals surface area (Å²) in [6, 6.07) is 7.66. The lowest BCUT2D eigenvalue weighted by Crippen LogP contribution is -2.18. The van der Waals surface area contributed by atoms with E-state index >= 15 is 0 Å². The van der Waals surface area contributed by atoms with Gasteiger partial charge in [0.15, 0.2) is 5.78 Å². The van der Waals surface area contributed by atoms with E-state index in [0.29, 0.717) is 29.1 Å². The number of aromatic amines is 1. The molecule has 4 nitrogen and oxygen atoms in total. The number of Topliss-reactive ketones (excluding diaryl/α,β-unsaturated/α-hetero) is 1. The number of halogens is 1. The molecule has 1 heterocycles. The van der Waals surface area contributed by atoms with Gasteiger partial charge in [0.2, 0.25) is 0 Å². The SMILES string of the molecule is Cc1c(C(=O)OC2CCCCCC2)[nH]c2c1C(=O)C[C@H](c1ccc(Cl)cc1)C2. The number of carbonyl (C=O) groups is 2. The smallest absolute Gasteiger partial charge is 0.355 e. The van der Waals surface area contributed by atoms with E-state index in [4.69, 9.17) is 16.3 Å². The van der Waals surface area contributed by atoms with Crippen LogP contribution in [0.2, 0.25) is 5.02 Å². The number of benzene rings is 1. The minimum Gasteiger partial charge on any atom is -0.458 e. The Morgan fingerprint density at radius 1 is 1.07 bits per heavy atom. The molecule has 4 rings (SSSR count). The normalized spacial score (nSPS) is 20.5. The summed E-state index contributed by atoms with van der Waals surface area (Å²) in [4.78, 5) is 28.8. The van der Waals surface area contributed by atoms with Crippen LogP contribution in [0.4, 0.5) is 0 Å². The zero-order chi connectivity index (χ0) is 19.7. The number of H-pyrrole nitrogens is 1. The van der Waals surface area contributed by atoms with Crippen molar-refractivity contribution in [3.8, 4) is 0 Å². The van der Waals surface area contributed by atoms with Gasteiger partial charge in [-0.2, -0.15) is 0 Å². The van der Waals surface area contributed by atoms with Gasteiger partial charge in [0.1, 0.15) is 11.8 Å². The van der Waals surface area contributed by atoms with Gasteiger partial charge in [-0.1, -0.05) is 36.6 Å². The fourth-order valence-corrected chi connectivity index (χ4v) is 4.70. The predicted molar refractivity (Wildman–Crippen MR) is 109 cm³/mol. The van der Waals surface area contributed by atoms with Crippen molar-refractivity contribution in [3.05, 3.63) is 57.4 Å². The third-order valence-electron chi connectivity index (χ3n) is 6.11. The number of ether oxygens (including phenoxy) is 1. The molecular formula is C23H26ClNO3. The maximum atomic E-state index is 12.8. The van der Waals surface area contributed by atoms with Gasteiger partial charge >= 0.3 is 5.97 Å². The maximum absolute atomic E-state index is 12.8. The molecule has 0 aliphatic heterocycles. The van der Waals surface area contributed by atoms with Crippen LogP contribution in [-0.4, -0.2) is 22.8 Å². The topological polar surface area (TPSA) is 59.2 Å². The Bertz CT molecular complexity index is 876. The van der Waals surface area contributed by atoms with Crippen LogP contribution >= 0.6 is 11.6 Å². The molecule has 2 aliphatic carbocycles. The lowest BCUT2D eigenvalue weighted by Gasteiger charge is -2.22. The number of hydrogen-bond donors (Lipinski definition) is 1. The molecule has 1 saturated carbocycles. The number of nitrogens with one attached hydrogen (secondary N) is 1. The molecule has 2 aromatic rings. The zero-order valence-electron chi connectivity index (χ0n) is 16.2. The van der Waals surface area contributed by atoms with E-state index in [1.165, 1.54) is 12.8 Å². The monoisotopic (exact) mass is 399 g/mol. The Labute approximate surface area is 170 Å². The van der Waals surface area contributed by atoms with Crippen molar-refractivity contribution in [1.29, 1.82) is 0 Å². The Hall–Kier alpha value is -2.07. The Morgan fingerprint density at radius 3 is 2.43 bits per heavy atom. The molecular weight excluding hydrogens is 374 g/mol. The lowest BCUT2D eigenvalue weighted by molar-refractivity contribution is 0.0260. The van der Waals surface area contributed by atoms with Gasteiger partial charge in [0, 0.05) is 22.7 Å². The van der Waals surface area contributed by atoms with Crippen molar-refractivity contribution in [2.45, 2.75) is 70.3 Å². The van der Waals surface area contributed by atoms with Crippen molar-refractivity contribution in [1.82, 2.24) is 4.98 Å². The minimum absolute atomic E-state index is 0.00718. The summed E-state index contributed by atoms with van der Waals surface area (Å²) in [7, 11) is 0. The van der Waals surface area contributed by atoms with Gasteiger partial charge in [-0.05, 0) is 68.2 Å². The van der Waals surface area contributed by atoms with Gasteiger partial charge in [-0.25, -0.2) is 4.79 Å². The molecule has 2 aliphatic rings. The molecule has 0 amide bonds. The summed E-state index contributed by atoms with van der Waals surface area (Å²) in [5, 5.41) is 0.686. The van der Waals surface area contributed by atoms with Gasteiger partial charge in [0.25, 0.3) is 0 Å². The van der Waals surface area contributed by atoms with Crippen molar-refractivity contribution < 1.29 is 14.3 Å². The maximum Gasteiger partial charge on any atom is 0.355 e. The largest absolute Gasteiger partial charge is 0.458 e. The van der Waals surface area contributed by atoms with Crippen molar-refractivity contribution >= 4 is 23.4 Å². The van der Waals surface area contributed by atoms with Crippen LogP contribution in [-0.2, 0) is 11.2 Å². The number of aromatic nitrogens is 1. The molecule has 0 bridgehead atoms. The first kappa shape index (κ1) is 19.3. The first-order valence-corrected chi connectivity index (χ1v) is 10.6. The number of ketones is 1. The second-order valence-electron chi connectivity index (χ2n) is 8.08. The molecule has 1 aromatic carbocycles. The fraction of sp³-hybridized carbons (Fsp3) is 0.478. The third kappa shape index (κ3) is 3.88. The summed E-state index contributed by atoms with van der Waals surface area (Å²) in [6.07, 6.45) is 7.66. The van der Waals surface area contributed by atoms with E-state index in [1.807, 2.05) is 31.2 Å². The highest BCUT2D eigenvalue weighted by molar-refractivity contribution is 6.30. The van der Waals surface area contributed by atoms with Crippen LogP contribution in [0.3, 0.4) is 0 Å². The number of esters is 1. The van der Waals surface area contributed by atoms with Crippen LogP contribution in [0.25, 0.3) is 0 Å². The number of rotatable bonds is 3. The van der Waals surface area contributed by atoms with Crippen LogP contribution in [0.1, 0.15) is 88.5 Å². The lowest BCUT2D eigenvalue weighted by atomic mass is 9.81. The summed E-state index contributed by atoms with van der Waals surface area (Å²) >= 11 is 5.98. The minimum atomic E-state index is -0.324. The molecule has 148 valence electrons. The molecule has 28 heavy (non-hydrogen) atoms. The van der Waals surface area contributed by atoms with Crippen molar-refractivity contribution in [2.24, 2.45) is 0 Å². The summed E-state index contributed by atoms with van der Waals surface area (Å²) in [5.74, 6) is -0.140. The Morgan fingerprint density at radius 2 is 1.75 bits per heavy atom. The summed E-state index contributed by atoms with van der Waals surface area (Å²) < 4.78 is 5.78. The van der Waals surface area contributed by atoms with Crippen molar-refractivity contribution in [2.75, 3.05) is 0 Å². The first-order chi connectivity index (χ1) is 13.5. The second-order valence-corrected chi connectivity index (χ2v) is 8.51. The fourth-order valence-electron chi connectivity index (χ4n) is 4.58. The van der Waals surface area contributed by atoms with Crippen LogP contribution in [0, 0.1) is 6.92 Å². The highest BCUT2D eigenvalue weighted by Crippen LogP contribution is 2.35. The highest BCUT2D eigenvalue weighted by Gasteiger charge is 2.32. The average molecular weight is 400 g/mol. The first-order valence-electron chi connectivity index (χ1n) is 10.2. The molecule has 0 spiro atoms. The van der Waals surface area contributed by atoms with E-state index in [9.17, 15) is 9.59 Å². The van der Waals surface area contributed by atoms with Crippen LogP contribution in [0.5, 0.6) is 0 Å². The van der Waals surface area contributed by atoms with E-state index in [0.717, 1.165) is 42.5 Å². The van der Waals surface area contributed by atoms with E-state index in [1.54, 1.807) is 0 Å². The quantitative estimate of drug-likeness (QED) is 0.526. The summed E-state index contributed by atoms with van der Waals surface area (Å²) in [6.45, 7) is 1.85. The van der Waals surface area contributed by atoms with Gasteiger partial charge in [-0.3, -0.25) is 4.79 Å². The Kier molecular flexibility index (Phi) is 5.58. The molecule has 0 unspecified atom stereocenters. The standard InChI is InChI=1S/C23H26ClNO3/c1-14-21-19(12-16(13-20(21)26)15-8-10-17(24)11-9-15)25-22(14)23(27)28-18-6-4-2-3-5-7-18/h8-11,16,18,25H,2-7,12-13H2,1H3/t16-/m1/s1. The molecule has 1 atom stereocenters. The van der Waals surface area contributed by atoms with E-state index in [2.05, 4.69) is 4.98 Å². The highest BCUT2D eigenvalue weighted by atomic mass is 35.5. The number of hydrogen-bond acceptors (Lipinski definition) is 3. The van der Waals surface area contributed by atoms with Gasteiger partial charge < -0.3 is 9.72 Å². The van der Waals surface area contributed by atoms with Crippen LogP contribution in [0.15, 0.2) is 24.3 Å². The number of carbonyl (C=O) groups excluding carboxylic acids is 2. The molecule has 1 aromatic heterocycles. The predicted octanol–water partition coefficient (Wildman–Crippen LogP) is 5.77. The van der Waals surface area contributed by atoms with Crippen LogP contribution < -0.4 is 0 Å². The molecule has 1 fully saturated rings. The Balaban J connectivity index is 1.54. The number of fused-ring (bicyclic) bond motifs is 1. The average Bonchev–Trinajstić information content (AvgIpc) is 2.84. The van der Waals surface area contributed by atoms with Crippen molar-refractivity contribution in [3.63, 3.8) is 0 Å². The zero-order valence-corrected chi connectivity index (χ0v) is 17.0. The van der Waals surface area contributed by atoms with E-state index in [-0.39, 0.29) is 23.8 Å². The molecule has 1 N–H and O–H groups in total.